The molecule has 1 heterocycles. The van der Waals surface area contributed by atoms with E-state index in [0.717, 1.165) is 5.70 Å². The molecule has 2 nitrogen and oxygen atoms in total. The van der Waals surface area contributed by atoms with Gasteiger partial charge in [0.2, 0.25) is 0 Å². The Morgan fingerprint density at radius 2 is 2.15 bits per heavy atom. The molecule has 0 unspecified atom stereocenters. The summed E-state index contributed by atoms with van der Waals surface area (Å²) in [6.07, 6.45) is 10.7. The van der Waals surface area contributed by atoms with Gasteiger partial charge in [0.15, 0.2) is 0 Å². The summed E-state index contributed by atoms with van der Waals surface area (Å²) in [5.74, 6) is 0. The van der Waals surface area contributed by atoms with E-state index in [2.05, 4.69) is 18.1 Å². The van der Waals surface area contributed by atoms with Gasteiger partial charge in [-0.1, -0.05) is 39.2 Å². The second kappa shape index (κ2) is 7.10. The molecule has 0 radical (unpaired) electrons. The Kier molecular flexibility index (Phi) is 6.24. The highest BCUT2D eigenvalue weighted by molar-refractivity contribution is 5.54. The normalized spacial score (nSPS) is 9.08. The van der Waals surface area contributed by atoms with Crippen LogP contribution in [0.4, 0.5) is 0 Å². The van der Waals surface area contributed by atoms with E-state index in [1.54, 1.807) is 18.6 Å². The summed E-state index contributed by atoms with van der Waals surface area (Å²) in [5, 5.41) is 0. The van der Waals surface area contributed by atoms with Crippen LogP contribution in [0.5, 0.6) is 0 Å². The first-order valence-electron chi connectivity index (χ1n) is 4.31. The van der Waals surface area contributed by atoms with Gasteiger partial charge in [0, 0.05) is 18.1 Å². The average molecular weight is 176 g/mol. The highest BCUT2D eigenvalue weighted by atomic mass is 15.0. The minimum atomic E-state index is 0.877. The van der Waals surface area contributed by atoms with Gasteiger partial charge in [0.05, 0.1) is 6.33 Å². The summed E-state index contributed by atoms with van der Waals surface area (Å²) >= 11 is 0. The monoisotopic (exact) mass is 176 g/mol. The Bertz CT molecular complexity index is 268. The van der Waals surface area contributed by atoms with Crippen LogP contribution in [0.15, 0.2) is 50.1 Å². The highest BCUT2D eigenvalue weighted by Gasteiger charge is 1.87. The standard InChI is InChI=1S/C9H10N2.C2H6/c1-3-4-5-9(2)11-7-6-10-8-11;1-2/h3-8H,1-2H2;1-2H3/b5-4-;. The van der Waals surface area contributed by atoms with Crippen LogP contribution in [0.2, 0.25) is 0 Å². The Morgan fingerprint density at radius 1 is 1.46 bits per heavy atom. The summed E-state index contributed by atoms with van der Waals surface area (Å²) < 4.78 is 1.83. The molecule has 0 aliphatic carbocycles. The summed E-state index contributed by atoms with van der Waals surface area (Å²) in [6.45, 7) is 11.4. The fourth-order valence-electron chi connectivity index (χ4n) is 0.694. The third-order valence-electron chi connectivity index (χ3n) is 1.26. The molecule has 0 amide bonds. The van der Waals surface area contributed by atoms with Crippen molar-refractivity contribution in [1.82, 2.24) is 9.55 Å². The third kappa shape index (κ3) is 4.11. The van der Waals surface area contributed by atoms with Gasteiger partial charge in [-0.15, -0.1) is 0 Å². The summed E-state index contributed by atoms with van der Waals surface area (Å²) in [7, 11) is 0. The topological polar surface area (TPSA) is 17.8 Å². The molecule has 1 aromatic rings. The number of rotatable bonds is 3. The first-order valence-corrected chi connectivity index (χ1v) is 4.31. The lowest BCUT2D eigenvalue weighted by molar-refractivity contribution is 1.10. The van der Waals surface area contributed by atoms with E-state index in [4.69, 9.17) is 0 Å². The fourth-order valence-corrected chi connectivity index (χ4v) is 0.694. The molecule has 0 bridgehead atoms. The maximum atomic E-state index is 3.89. The smallest absolute Gasteiger partial charge is 0.0991 e. The lowest BCUT2D eigenvalue weighted by Crippen LogP contribution is -1.86. The van der Waals surface area contributed by atoms with Crippen LogP contribution in [0.25, 0.3) is 5.70 Å². The molecule has 13 heavy (non-hydrogen) atoms. The van der Waals surface area contributed by atoms with Gasteiger partial charge in [-0.05, 0) is 6.08 Å². The number of nitrogens with zero attached hydrogens (tertiary/aromatic N) is 2. The Morgan fingerprint density at radius 3 is 2.62 bits per heavy atom. The van der Waals surface area contributed by atoms with Crippen molar-refractivity contribution in [2.45, 2.75) is 13.8 Å². The molecule has 0 saturated heterocycles. The third-order valence-corrected chi connectivity index (χ3v) is 1.26. The van der Waals surface area contributed by atoms with Gasteiger partial charge in [0.1, 0.15) is 0 Å². The molecule has 0 fully saturated rings. The Hall–Kier alpha value is -1.57. The first-order chi connectivity index (χ1) is 6.34. The molecule has 70 valence electrons. The van der Waals surface area contributed by atoms with Crippen LogP contribution in [0.3, 0.4) is 0 Å². The van der Waals surface area contributed by atoms with Crippen LogP contribution in [-0.2, 0) is 0 Å². The van der Waals surface area contributed by atoms with Crippen molar-refractivity contribution in [3.05, 3.63) is 50.1 Å². The maximum Gasteiger partial charge on any atom is 0.0991 e. The van der Waals surface area contributed by atoms with Gasteiger partial charge in [-0.25, -0.2) is 4.98 Å². The van der Waals surface area contributed by atoms with Gasteiger partial charge >= 0.3 is 0 Å². The summed E-state index contributed by atoms with van der Waals surface area (Å²) in [6, 6.07) is 0. The molecule has 1 aromatic heterocycles. The van der Waals surface area contributed by atoms with Crippen LogP contribution < -0.4 is 0 Å². The van der Waals surface area contributed by atoms with Crippen molar-refractivity contribution in [2.24, 2.45) is 0 Å². The summed E-state index contributed by atoms with van der Waals surface area (Å²) in [4.78, 5) is 3.89. The van der Waals surface area contributed by atoms with Gasteiger partial charge in [0.25, 0.3) is 0 Å². The van der Waals surface area contributed by atoms with Crippen LogP contribution in [0.1, 0.15) is 13.8 Å². The Labute approximate surface area is 79.9 Å². The minimum Gasteiger partial charge on any atom is -0.307 e. The predicted octanol–water partition coefficient (Wildman–Crippen LogP) is 3.12. The number of hydrogen-bond donors (Lipinski definition) is 0. The molecule has 0 atom stereocenters. The van der Waals surface area contributed by atoms with E-state index >= 15 is 0 Å². The van der Waals surface area contributed by atoms with Crippen molar-refractivity contribution < 1.29 is 0 Å². The Balaban J connectivity index is 0.000000671. The predicted molar refractivity (Wildman–Crippen MR) is 58.2 cm³/mol. The van der Waals surface area contributed by atoms with E-state index in [1.165, 1.54) is 0 Å². The lowest BCUT2D eigenvalue weighted by Gasteiger charge is -1.97. The van der Waals surface area contributed by atoms with Crippen molar-refractivity contribution >= 4 is 5.70 Å². The van der Waals surface area contributed by atoms with Crippen LogP contribution in [0, 0.1) is 0 Å². The molecular weight excluding hydrogens is 160 g/mol. The van der Waals surface area contributed by atoms with Gasteiger partial charge in [-0.3, -0.25) is 0 Å². The maximum absolute atomic E-state index is 3.89. The average Bonchev–Trinajstić information content (AvgIpc) is 2.70. The van der Waals surface area contributed by atoms with Crippen molar-refractivity contribution in [2.75, 3.05) is 0 Å². The quantitative estimate of drug-likeness (QED) is 0.647. The molecule has 2 heteroatoms. The second-order valence-electron chi connectivity index (χ2n) is 2.06. The van der Waals surface area contributed by atoms with Crippen molar-refractivity contribution in [3.8, 4) is 0 Å². The molecule has 1 rings (SSSR count). The number of imidazole rings is 1. The summed E-state index contributed by atoms with van der Waals surface area (Å²) in [5.41, 5.74) is 0.877. The zero-order chi connectivity index (χ0) is 10.1. The molecule has 0 spiro atoms. The lowest BCUT2D eigenvalue weighted by atomic mass is 10.4. The molecule has 0 aromatic carbocycles. The molecule has 0 N–H and O–H groups in total. The largest absolute Gasteiger partial charge is 0.307 e. The van der Waals surface area contributed by atoms with E-state index < -0.39 is 0 Å². The van der Waals surface area contributed by atoms with Crippen molar-refractivity contribution in [3.63, 3.8) is 0 Å². The van der Waals surface area contributed by atoms with E-state index in [9.17, 15) is 0 Å². The zero-order valence-electron chi connectivity index (χ0n) is 8.27. The highest BCUT2D eigenvalue weighted by Crippen LogP contribution is 2.01. The minimum absolute atomic E-state index is 0.877. The van der Waals surface area contributed by atoms with E-state index in [1.807, 2.05) is 36.8 Å². The molecule has 0 aliphatic heterocycles. The molecule has 0 aliphatic rings. The zero-order valence-corrected chi connectivity index (χ0v) is 8.27. The van der Waals surface area contributed by atoms with Gasteiger partial charge in [-0.2, -0.15) is 0 Å². The van der Waals surface area contributed by atoms with E-state index in [0.29, 0.717) is 0 Å². The number of aromatic nitrogens is 2. The number of allylic oxidation sites excluding steroid dienone is 4. The van der Waals surface area contributed by atoms with Gasteiger partial charge < -0.3 is 4.57 Å². The second-order valence-corrected chi connectivity index (χ2v) is 2.06. The SMILES string of the molecule is C=C/C=C\C(=C)n1ccnc1.CC. The first kappa shape index (κ1) is 11.4. The molecule has 0 saturated carbocycles. The van der Waals surface area contributed by atoms with Crippen LogP contribution in [-0.4, -0.2) is 9.55 Å². The number of hydrogen-bond acceptors (Lipinski definition) is 1. The van der Waals surface area contributed by atoms with E-state index in [-0.39, 0.29) is 0 Å². The molecular formula is C11H16N2. The van der Waals surface area contributed by atoms with Crippen LogP contribution >= 0.6 is 0 Å². The van der Waals surface area contributed by atoms with Crippen molar-refractivity contribution in [1.29, 1.82) is 0 Å². The fraction of sp³-hybridized carbons (Fsp3) is 0.182.